The van der Waals surface area contributed by atoms with Crippen molar-refractivity contribution in [3.63, 3.8) is 0 Å². The zero-order chi connectivity index (χ0) is 17.8. The van der Waals surface area contributed by atoms with Gasteiger partial charge in [-0.1, -0.05) is 100 Å². The molecular weight excluding hydrogens is 324 g/mol. The minimum Gasteiger partial charge on any atom is -0.388 e. The Morgan fingerprint density at radius 2 is 1.00 bits per heavy atom. The molecule has 0 aliphatic heterocycles. The Kier molecular flexibility index (Phi) is 8.95. The highest BCUT2D eigenvalue weighted by molar-refractivity contribution is 6.92. The summed E-state index contributed by atoms with van der Waals surface area (Å²) in [4.78, 5) is 0. The van der Waals surface area contributed by atoms with Gasteiger partial charge < -0.3 is 8.85 Å². The fourth-order valence-electron chi connectivity index (χ4n) is 2.99. The van der Waals surface area contributed by atoms with Gasteiger partial charge >= 0.3 is 8.56 Å². The van der Waals surface area contributed by atoms with Crippen LogP contribution >= 0.6 is 0 Å². The van der Waals surface area contributed by atoms with Crippen molar-refractivity contribution in [1.82, 2.24) is 0 Å². The van der Waals surface area contributed by atoms with Gasteiger partial charge in [0.2, 0.25) is 0 Å². The fourth-order valence-corrected chi connectivity index (χ4v) is 6.20. The van der Waals surface area contributed by atoms with Gasteiger partial charge in [-0.15, -0.1) is 0 Å². The molecule has 0 amide bonds. The van der Waals surface area contributed by atoms with Crippen molar-refractivity contribution in [1.29, 1.82) is 0 Å². The summed E-state index contributed by atoms with van der Waals surface area (Å²) < 4.78 is 13.2. The van der Waals surface area contributed by atoms with Crippen LogP contribution in [0.2, 0.25) is 0 Å². The Bertz CT molecular complexity index is 518. The molecule has 2 aromatic carbocycles. The van der Waals surface area contributed by atoms with Crippen molar-refractivity contribution in [3.05, 3.63) is 60.7 Å². The van der Waals surface area contributed by atoms with E-state index >= 15 is 0 Å². The van der Waals surface area contributed by atoms with Crippen LogP contribution in [0, 0.1) is 0 Å². The average molecular weight is 357 g/mol. The standard InChI is InChI=1S/C22H32O2Si/c1-3-5-13-19-23-25(24-20-14-6-4-2,21-15-9-7-10-16-21)22-17-11-8-12-18-22/h7-12,15-18H,3-6,13-14,19-20H2,1-2H3. The molecule has 2 rings (SSSR count). The minimum absolute atomic E-state index is 0.762. The minimum atomic E-state index is -2.65. The SMILES string of the molecule is CCCCCO[Si](OCCCCC)(c1ccccc1)c1ccccc1. The third-order valence-corrected chi connectivity index (χ3v) is 7.82. The number of hydrogen-bond donors (Lipinski definition) is 0. The summed E-state index contributed by atoms with van der Waals surface area (Å²) in [5.74, 6) is 0. The third kappa shape index (κ3) is 5.81. The molecule has 0 unspecified atom stereocenters. The molecule has 0 aliphatic rings. The first kappa shape index (κ1) is 19.9. The maximum absolute atomic E-state index is 6.60. The van der Waals surface area contributed by atoms with Gasteiger partial charge in [-0.05, 0) is 23.2 Å². The van der Waals surface area contributed by atoms with Gasteiger partial charge in [-0.25, -0.2) is 0 Å². The molecule has 0 atom stereocenters. The second-order valence-electron chi connectivity index (χ2n) is 6.46. The first-order valence-corrected chi connectivity index (χ1v) is 11.5. The van der Waals surface area contributed by atoms with Gasteiger partial charge in [0, 0.05) is 13.2 Å². The summed E-state index contributed by atoms with van der Waals surface area (Å²) in [6.07, 6.45) is 6.97. The van der Waals surface area contributed by atoms with E-state index in [-0.39, 0.29) is 0 Å². The molecule has 25 heavy (non-hydrogen) atoms. The lowest BCUT2D eigenvalue weighted by atomic mass is 10.3. The fraction of sp³-hybridized carbons (Fsp3) is 0.455. The van der Waals surface area contributed by atoms with Gasteiger partial charge in [0.25, 0.3) is 0 Å². The highest BCUT2D eigenvalue weighted by Gasteiger charge is 2.42. The van der Waals surface area contributed by atoms with E-state index in [0.717, 1.165) is 26.1 Å². The molecular formula is C22H32O2Si. The molecule has 0 radical (unpaired) electrons. The van der Waals surface area contributed by atoms with Crippen molar-refractivity contribution in [2.75, 3.05) is 13.2 Å². The van der Waals surface area contributed by atoms with Gasteiger partial charge in [-0.2, -0.15) is 0 Å². The summed E-state index contributed by atoms with van der Waals surface area (Å²) in [6, 6.07) is 21.1. The molecule has 0 N–H and O–H groups in total. The van der Waals surface area contributed by atoms with Crippen LogP contribution in [0.4, 0.5) is 0 Å². The van der Waals surface area contributed by atoms with Crippen LogP contribution in [-0.2, 0) is 8.85 Å². The number of unbranched alkanes of at least 4 members (excludes halogenated alkanes) is 4. The molecule has 136 valence electrons. The van der Waals surface area contributed by atoms with E-state index in [4.69, 9.17) is 8.85 Å². The van der Waals surface area contributed by atoms with Crippen LogP contribution in [-0.4, -0.2) is 21.8 Å². The molecule has 0 spiro atoms. The Morgan fingerprint density at radius 3 is 1.36 bits per heavy atom. The van der Waals surface area contributed by atoms with Crippen molar-refractivity contribution in [2.24, 2.45) is 0 Å². The average Bonchev–Trinajstić information content (AvgIpc) is 2.68. The molecule has 3 heteroatoms. The predicted octanol–water partition coefficient (Wildman–Crippen LogP) is 4.66. The van der Waals surface area contributed by atoms with Crippen LogP contribution < -0.4 is 10.4 Å². The normalized spacial score (nSPS) is 11.6. The highest BCUT2D eigenvalue weighted by atomic mass is 28.4. The molecule has 0 saturated carbocycles. The van der Waals surface area contributed by atoms with Crippen LogP contribution in [0.3, 0.4) is 0 Å². The van der Waals surface area contributed by atoms with E-state index in [1.54, 1.807) is 0 Å². The molecule has 0 saturated heterocycles. The second-order valence-corrected chi connectivity index (χ2v) is 9.42. The molecule has 2 aromatic rings. The van der Waals surface area contributed by atoms with Gasteiger partial charge in [-0.3, -0.25) is 0 Å². The van der Waals surface area contributed by atoms with Crippen LogP contribution in [0.1, 0.15) is 52.4 Å². The zero-order valence-corrected chi connectivity index (χ0v) is 16.7. The van der Waals surface area contributed by atoms with E-state index in [9.17, 15) is 0 Å². The number of rotatable bonds is 12. The van der Waals surface area contributed by atoms with E-state index < -0.39 is 8.56 Å². The van der Waals surface area contributed by atoms with Crippen LogP contribution in [0.25, 0.3) is 0 Å². The lowest BCUT2D eigenvalue weighted by Gasteiger charge is -2.31. The van der Waals surface area contributed by atoms with Crippen molar-refractivity contribution in [2.45, 2.75) is 52.4 Å². The first-order chi connectivity index (χ1) is 12.3. The van der Waals surface area contributed by atoms with Crippen molar-refractivity contribution >= 4 is 18.9 Å². The van der Waals surface area contributed by atoms with E-state index in [1.807, 2.05) is 0 Å². The third-order valence-electron chi connectivity index (χ3n) is 4.41. The lowest BCUT2D eigenvalue weighted by molar-refractivity contribution is 0.185. The van der Waals surface area contributed by atoms with Crippen LogP contribution in [0.15, 0.2) is 60.7 Å². The Morgan fingerprint density at radius 1 is 0.600 bits per heavy atom. The first-order valence-electron chi connectivity index (χ1n) is 9.72. The van der Waals surface area contributed by atoms with Gasteiger partial charge in [0.1, 0.15) is 0 Å². The maximum atomic E-state index is 6.60. The summed E-state index contributed by atoms with van der Waals surface area (Å²) in [7, 11) is -2.65. The Hall–Kier alpha value is -1.42. The maximum Gasteiger partial charge on any atom is 0.407 e. The quantitative estimate of drug-likeness (QED) is 0.407. The summed E-state index contributed by atoms with van der Waals surface area (Å²) in [5.41, 5.74) is 0. The van der Waals surface area contributed by atoms with E-state index in [1.165, 1.54) is 36.1 Å². The molecule has 0 aliphatic carbocycles. The molecule has 0 heterocycles. The number of benzene rings is 2. The Labute approximate surface area is 154 Å². The van der Waals surface area contributed by atoms with Gasteiger partial charge in [0.05, 0.1) is 0 Å². The van der Waals surface area contributed by atoms with E-state index in [2.05, 4.69) is 74.5 Å². The molecule has 0 bridgehead atoms. The monoisotopic (exact) mass is 356 g/mol. The summed E-state index contributed by atoms with van der Waals surface area (Å²) >= 11 is 0. The second kappa shape index (κ2) is 11.2. The summed E-state index contributed by atoms with van der Waals surface area (Å²) in [6.45, 7) is 5.97. The zero-order valence-electron chi connectivity index (χ0n) is 15.7. The molecule has 2 nitrogen and oxygen atoms in total. The van der Waals surface area contributed by atoms with Crippen LogP contribution in [0.5, 0.6) is 0 Å². The van der Waals surface area contributed by atoms with Crippen molar-refractivity contribution < 1.29 is 8.85 Å². The number of hydrogen-bond acceptors (Lipinski definition) is 2. The molecule has 0 aromatic heterocycles. The molecule has 0 fully saturated rings. The smallest absolute Gasteiger partial charge is 0.388 e. The lowest BCUT2D eigenvalue weighted by Crippen LogP contribution is -2.63. The van der Waals surface area contributed by atoms with Gasteiger partial charge in [0.15, 0.2) is 0 Å². The van der Waals surface area contributed by atoms with Crippen molar-refractivity contribution in [3.8, 4) is 0 Å². The predicted molar refractivity (Wildman–Crippen MR) is 109 cm³/mol. The van der Waals surface area contributed by atoms with E-state index in [0.29, 0.717) is 0 Å². The topological polar surface area (TPSA) is 18.5 Å². The highest BCUT2D eigenvalue weighted by Crippen LogP contribution is 2.13. The summed E-state index contributed by atoms with van der Waals surface area (Å²) in [5, 5.41) is 2.41. The largest absolute Gasteiger partial charge is 0.407 e. The Balaban J connectivity index is 2.30.